The Balaban J connectivity index is 2.38. The van der Waals surface area contributed by atoms with Crippen LogP contribution in [0.3, 0.4) is 0 Å². The second kappa shape index (κ2) is 5.81. The monoisotopic (exact) mass is 278 g/mol. The quantitative estimate of drug-likeness (QED) is 0.920. The predicted octanol–water partition coefficient (Wildman–Crippen LogP) is 2.81. The topological polar surface area (TPSA) is 70.0 Å². The third-order valence-electron chi connectivity index (χ3n) is 3.07. The van der Waals surface area contributed by atoms with Crippen molar-refractivity contribution < 1.29 is 19.1 Å². The molecule has 0 atom stereocenters. The van der Waals surface area contributed by atoms with Gasteiger partial charge in [-0.25, -0.2) is 14.2 Å². The van der Waals surface area contributed by atoms with Gasteiger partial charge in [-0.05, 0) is 31.0 Å². The van der Waals surface area contributed by atoms with Crippen LogP contribution in [0.15, 0.2) is 23.3 Å². The molecule has 0 unspecified atom stereocenters. The van der Waals surface area contributed by atoms with Crippen LogP contribution in [0.5, 0.6) is 0 Å². The lowest BCUT2D eigenvalue weighted by molar-refractivity contribution is -0.118. The molecule has 1 heterocycles. The molecule has 1 aromatic rings. The molecule has 1 aliphatic heterocycles. The molecule has 0 saturated carbocycles. The van der Waals surface area contributed by atoms with Crippen LogP contribution in [0.2, 0.25) is 0 Å². The van der Waals surface area contributed by atoms with Gasteiger partial charge in [0.2, 0.25) is 5.91 Å². The van der Waals surface area contributed by atoms with Gasteiger partial charge in [0.1, 0.15) is 5.82 Å². The fraction of sp³-hybridized carbons (Fsp3) is 0.357. The molecular weight excluding hydrogens is 263 g/mol. The van der Waals surface area contributed by atoms with Crippen molar-refractivity contribution in [2.45, 2.75) is 32.6 Å². The van der Waals surface area contributed by atoms with Crippen molar-refractivity contribution in [2.75, 3.05) is 5.01 Å². The molecule has 106 valence electrons. The maximum Gasteiger partial charge on any atom is 0.338 e. The van der Waals surface area contributed by atoms with Gasteiger partial charge in [0.25, 0.3) is 0 Å². The van der Waals surface area contributed by atoms with E-state index in [1.807, 2.05) is 6.92 Å². The number of anilines is 1. The molecule has 1 aliphatic rings. The summed E-state index contributed by atoms with van der Waals surface area (Å²) in [5, 5.41) is 14.3. The number of nitrogens with zero attached hydrogens (tertiary/aromatic N) is 2. The third kappa shape index (κ3) is 2.84. The summed E-state index contributed by atoms with van der Waals surface area (Å²) in [4.78, 5) is 22.8. The summed E-state index contributed by atoms with van der Waals surface area (Å²) < 4.78 is 13.4. The molecule has 0 spiro atoms. The number of carboxylic acids is 1. The van der Waals surface area contributed by atoms with E-state index in [4.69, 9.17) is 5.11 Å². The fourth-order valence-electron chi connectivity index (χ4n) is 2.08. The van der Waals surface area contributed by atoms with E-state index in [1.54, 1.807) is 0 Å². The van der Waals surface area contributed by atoms with Gasteiger partial charge in [0, 0.05) is 12.1 Å². The van der Waals surface area contributed by atoms with E-state index in [1.165, 1.54) is 11.1 Å². The number of carbonyl (C=O) groups excluding carboxylic acids is 1. The Kier molecular flexibility index (Phi) is 4.12. The third-order valence-corrected chi connectivity index (χ3v) is 3.07. The first-order valence-electron chi connectivity index (χ1n) is 6.45. The summed E-state index contributed by atoms with van der Waals surface area (Å²) in [6.45, 7) is 2.02. The highest BCUT2D eigenvalue weighted by atomic mass is 19.1. The van der Waals surface area contributed by atoms with E-state index in [-0.39, 0.29) is 11.6 Å². The average molecular weight is 278 g/mol. The number of halogens is 1. The van der Waals surface area contributed by atoms with Crippen molar-refractivity contribution in [3.8, 4) is 0 Å². The van der Waals surface area contributed by atoms with Crippen LogP contribution >= 0.6 is 0 Å². The highest BCUT2D eigenvalue weighted by Gasteiger charge is 2.23. The first-order chi connectivity index (χ1) is 9.52. The van der Waals surface area contributed by atoms with Gasteiger partial charge >= 0.3 is 5.97 Å². The minimum absolute atomic E-state index is 0.215. The molecule has 0 aromatic heterocycles. The van der Waals surface area contributed by atoms with E-state index in [2.05, 4.69) is 5.10 Å². The number of rotatable bonds is 4. The number of hydrogen-bond donors (Lipinski definition) is 1. The van der Waals surface area contributed by atoms with E-state index >= 15 is 0 Å². The molecular formula is C14H15FN2O3. The zero-order chi connectivity index (χ0) is 14.7. The van der Waals surface area contributed by atoms with Gasteiger partial charge in [-0.2, -0.15) is 5.10 Å². The molecule has 0 saturated heterocycles. The van der Waals surface area contributed by atoms with Crippen molar-refractivity contribution in [1.29, 1.82) is 0 Å². The minimum Gasteiger partial charge on any atom is -0.478 e. The molecule has 1 N–H and O–H groups in total. The SMILES string of the molecule is CCCC1=NN(c2ccc(F)c(C(=O)O)c2)C(=O)CC1. The van der Waals surface area contributed by atoms with Gasteiger partial charge in [0.15, 0.2) is 0 Å². The van der Waals surface area contributed by atoms with Gasteiger partial charge in [-0.1, -0.05) is 13.3 Å². The van der Waals surface area contributed by atoms with Crippen LogP contribution in [0.25, 0.3) is 0 Å². The number of carbonyl (C=O) groups is 2. The number of aromatic carboxylic acids is 1. The van der Waals surface area contributed by atoms with Crippen LogP contribution in [-0.2, 0) is 4.79 Å². The average Bonchev–Trinajstić information content (AvgIpc) is 2.41. The molecule has 0 fully saturated rings. The Labute approximate surface area is 115 Å². The maximum atomic E-state index is 13.4. The summed E-state index contributed by atoms with van der Waals surface area (Å²) >= 11 is 0. The molecule has 6 heteroatoms. The molecule has 0 bridgehead atoms. The second-order valence-electron chi connectivity index (χ2n) is 4.59. The zero-order valence-electron chi connectivity index (χ0n) is 11.1. The summed E-state index contributed by atoms with van der Waals surface area (Å²) in [6.07, 6.45) is 2.66. The minimum atomic E-state index is -1.37. The highest BCUT2D eigenvalue weighted by Crippen LogP contribution is 2.24. The predicted molar refractivity (Wildman–Crippen MR) is 72.4 cm³/mol. The normalized spacial score (nSPS) is 15.2. The van der Waals surface area contributed by atoms with Gasteiger partial charge < -0.3 is 5.11 Å². The summed E-state index contributed by atoms with van der Waals surface area (Å²) in [7, 11) is 0. The molecule has 1 aromatic carbocycles. The van der Waals surface area contributed by atoms with Crippen molar-refractivity contribution in [3.63, 3.8) is 0 Å². The number of hydrazone groups is 1. The van der Waals surface area contributed by atoms with Crippen LogP contribution in [0, 0.1) is 5.82 Å². The van der Waals surface area contributed by atoms with E-state index in [9.17, 15) is 14.0 Å². The summed E-state index contributed by atoms with van der Waals surface area (Å²) in [6, 6.07) is 3.53. The Morgan fingerprint density at radius 3 is 2.85 bits per heavy atom. The lowest BCUT2D eigenvalue weighted by Gasteiger charge is -2.23. The zero-order valence-corrected chi connectivity index (χ0v) is 11.1. The van der Waals surface area contributed by atoms with Crippen LogP contribution in [0.4, 0.5) is 10.1 Å². The Morgan fingerprint density at radius 2 is 2.20 bits per heavy atom. The molecule has 0 radical (unpaired) electrons. The van der Waals surface area contributed by atoms with Gasteiger partial charge in [-0.3, -0.25) is 4.79 Å². The Hall–Kier alpha value is -2.24. The lowest BCUT2D eigenvalue weighted by Crippen LogP contribution is -2.31. The Bertz CT molecular complexity index is 584. The molecule has 20 heavy (non-hydrogen) atoms. The summed E-state index contributed by atoms with van der Waals surface area (Å²) in [5.41, 5.74) is 0.712. The maximum absolute atomic E-state index is 13.4. The fourth-order valence-corrected chi connectivity index (χ4v) is 2.08. The van der Waals surface area contributed by atoms with Crippen molar-refractivity contribution >= 4 is 23.3 Å². The molecule has 1 amide bonds. The highest BCUT2D eigenvalue weighted by molar-refractivity contribution is 6.02. The van der Waals surface area contributed by atoms with E-state index in [0.29, 0.717) is 12.8 Å². The van der Waals surface area contributed by atoms with E-state index < -0.39 is 17.3 Å². The van der Waals surface area contributed by atoms with Crippen molar-refractivity contribution in [1.82, 2.24) is 0 Å². The van der Waals surface area contributed by atoms with Crippen LogP contribution < -0.4 is 5.01 Å². The smallest absolute Gasteiger partial charge is 0.338 e. The largest absolute Gasteiger partial charge is 0.478 e. The van der Waals surface area contributed by atoms with Crippen molar-refractivity contribution in [3.05, 3.63) is 29.6 Å². The van der Waals surface area contributed by atoms with Crippen molar-refractivity contribution in [2.24, 2.45) is 5.10 Å². The number of benzene rings is 1. The van der Waals surface area contributed by atoms with Gasteiger partial charge in [-0.15, -0.1) is 0 Å². The van der Waals surface area contributed by atoms with Gasteiger partial charge in [0.05, 0.1) is 11.3 Å². The van der Waals surface area contributed by atoms with Crippen LogP contribution in [-0.4, -0.2) is 22.7 Å². The standard InChI is InChI=1S/C14H15FN2O3/c1-2-3-9-4-7-13(18)17(16-9)10-5-6-12(15)11(8-10)14(19)20/h5-6,8H,2-4,7H2,1H3,(H,19,20). The number of hydrogen-bond acceptors (Lipinski definition) is 3. The first-order valence-corrected chi connectivity index (χ1v) is 6.45. The van der Waals surface area contributed by atoms with E-state index in [0.717, 1.165) is 30.7 Å². The lowest BCUT2D eigenvalue weighted by atomic mass is 10.1. The molecule has 0 aliphatic carbocycles. The Morgan fingerprint density at radius 1 is 1.45 bits per heavy atom. The first kappa shape index (κ1) is 14.2. The summed E-state index contributed by atoms with van der Waals surface area (Å²) in [5.74, 6) is -2.41. The van der Waals surface area contributed by atoms with Crippen LogP contribution in [0.1, 0.15) is 43.0 Å². The second-order valence-corrected chi connectivity index (χ2v) is 4.59. The number of carboxylic acid groups (broad SMARTS) is 1. The molecule has 5 nitrogen and oxygen atoms in total. The number of amides is 1. The molecule has 2 rings (SSSR count).